The van der Waals surface area contributed by atoms with Crippen molar-refractivity contribution < 1.29 is 4.74 Å². The minimum Gasteiger partial charge on any atom is -0.492 e. The van der Waals surface area contributed by atoms with Crippen molar-refractivity contribution in [2.24, 2.45) is 5.73 Å². The molecular formula is C16H28N2O. The van der Waals surface area contributed by atoms with Crippen LogP contribution in [0.25, 0.3) is 0 Å². The van der Waals surface area contributed by atoms with Crippen LogP contribution >= 0.6 is 0 Å². The third kappa shape index (κ3) is 5.62. The van der Waals surface area contributed by atoms with Gasteiger partial charge in [0.1, 0.15) is 12.4 Å². The molecule has 19 heavy (non-hydrogen) atoms. The fourth-order valence-electron chi connectivity index (χ4n) is 2.15. The van der Waals surface area contributed by atoms with Gasteiger partial charge in [0, 0.05) is 12.6 Å². The molecule has 0 saturated heterocycles. The third-order valence-corrected chi connectivity index (χ3v) is 3.62. The lowest BCUT2D eigenvalue weighted by Gasteiger charge is -2.26. The van der Waals surface area contributed by atoms with Crippen LogP contribution in [-0.4, -0.2) is 37.2 Å². The summed E-state index contributed by atoms with van der Waals surface area (Å²) in [4.78, 5) is 2.45. The Kier molecular flexibility index (Phi) is 7.53. The second-order valence-corrected chi connectivity index (χ2v) is 4.92. The number of hydrogen-bond acceptors (Lipinski definition) is 3. The molecule has 0 aliphatic carbocycles. The lowest BCUT2D eigenvalue weighted by atomic mass is 10.1. The van der Waals surface area contributed by atoms with Gasteiger partial charge in [0.15, 0.2) is 0 Å². The number of likely N-dealkylation sites (N-methyl/N-ethyl adjacent to an activating group) is 1. The predicted molar refractivity (Wildman–Crippen MR) is 81.7 cm³/mol. The van der Waals surface area contributed by atoms with Crippen LogP contribution in [0.3, 0.4) is 0 Å². The van der Waals surface area contributed by atoms with Crippen LogP contribution in [0.15, 0.2) is 24.3 Å². The Hall–Kier alpha value is -1.06. The van der Waals surface area contributed by atoms with E-state index in [9.17, 15) is 0 Å². The van der Waals surface area contributed by atoms with Crippen molar-refractivity contribution in [3.05, 3.63) is 29.8 Å². The van der Waals surface area contributed by atoms with Gasteiger partial charge in [-0.3, -0.25) is 4.90 Å². The molecule has 1 rings (SSSR count). The Morgan fingerprint density at radius 1 is 1.21 bits per heavy atom. The highest BCUT2D eigenvalue weighted by molar-refractivity contribution is 5.27. The number of rotatable bonds is 9. The van der Waals surface area contributed by atoms with E-state index in [1.165, 1.54) is 12.0 Å². The van der Waals surface area contributed by atoms with E-state index in [1.54, 1.807) is 0 Å². The molecule has 1 atom stereocenters. The first-order valence-electron chi connectivity index (χ1n) is 7.37. The maximum absolute atomic E-state index is 5.79. The van der Waals surface area contributed by atoms with Crippen molar-refractivity contribution in [1.82, 2.24) is 4.90 Å². The van der Waals surface area contributed by atoms with Crippen LogP contribution in [0.4, 0.5) is 0 Å². The first-order valence-corrected chi connectivity index (χ1v) is 7.37. The fourth-order valence-corrected chi connectivity index (χ4v) is 2.15. The van der Waals surface area contributed by atoms with Crippen molar-refractivity contribution in [1.29, 1.82) is 0 Å². The average Bonchev–Trinajstić information content (AvgIpc) is 2.45. The molecule has 3 nitrogen and oxygen atoms in total. The number of nitrogens with two attached hydrogens (primary N) is 1. The minimum absolute atomic E-state index is 0.625. The molecule has 0 amide bonds. The zero-order valence-electron chi connectivity index (χ0n) is 12.6. The molecule has 0 saturated carbocycles. The van der Waals surface area contributed by atoms with Gasteiger partial charge in [-0.1, -0.05) is 26.0 Å². The van der Waals surface area contributed by atoms with Crippen LogP contribution < -0.4 is 10.5 Å². The molecule has 0 fully saturated rings. The van der Waals surface area contributed by atoms with E-state index in [0.717, 1.165) is 31.9 Å². The lowest BCUT2D eigenvalue weighted by Crippen LogP contribution is -2.35. The molecule has 0 aromatic heterocycles. The van der Waals surface area contributed by atoms with Crippen LogP contribution in [-0.2, 0) is 6.42 Å². The van der Waals surface area contributed by atoms with Crippen molar-refractivity contribution >= 4 is 0 Å². The van der Waals surface area contributed by atoms with E-state index < -0.39 is 0 Å². The monoisotopic (exact) mass is 264 g/mol. The molecule has 0 aliphatic heterocycles. The van der Waals surface area contributed by atoms with Gasteiger partial charge in [-0.25, -0.2) is 0 Å². The summed E-state index contributed by atoms with van der Waals surface area (Å²) in [5, 5.41) is 0. The molecule has 0 radical (unpaired) electrons. The van der Waals surface area contributed by atoms with Crippen LogP contribution in [0.2, 0.25) is 0 Å². The van der Waals surface area contributed by atoms with E-state index in [-0.39, 0.29) is 0 Å². The van der Waals surface area contributed by atoms with E-state index in [2.05, 4.69) is 37.8 Å². The van der Waals surface area contributed by atoms with Crippen LogP contribution in [0, 0.1) is 0 Å². The number of nitrogens with zero attached hydrogens (tertiary/aromatic N) is 1. The summed E-state index contributed by atoms with van der Waals surface area (Å²) in [6, 6.07) is 8.87. The Labute approximate surface area is 117 Å². The van der Waals surface area contributed by atoms with E-state index in [1.807, 2.05) is 12.1 Å². The first-order chi connectivity index (χ1) is 9.21. The molecule has 0 bridgehead atoms. The smallest absolute Gasteiger partial charge is 0.119 e. The fraction of sp³-hybridized carbons (Fsp3) is 0.625. The van der Waals surface area contributed by atoms with Crippen molar-refractivity contribution in [3.63, 3.8) is 0 Å². The summed E-state index contributed by atoms with van der Waals surface area (Å²) in [5.41, 5.74) is 6.80. The molecule has 1 aromatic carbocycles. The normalized spacial score (nSPS) is 12.7. The second-order valence-electron chi connectivity index (χ2n) is 4.92. The Morgan fingerprint density at radius 2 is 1.89 bits per heavy atom. The molecule has 3 heteroatoms. The Bertz CT molecular complexity index is 337. The molecule has 1 aromatic rings. The van der Waals surface area contributed by atoms with Gasteiger partial charge in [0.05, 0.1) is 0 Å². The quantitative estimate of drug-likeness (QED) is 0.745. The van der Waals surface area contributed by atoms with Gasteiger partial charge < -0.3 is 10.5 Å². The zero-order chi connectivity index (χ0) is 14.1. The summed E-state index contributed by atoms with van der Waals surface area (Å²) in [6.07, 6.45) is 2.11. The highest BCUT2D eigenvalue weighted by Gasteiger charge is 2.09. The highest BCUT2D eigenvalue weighted by Crippen LogP contribution is 2.12. The van der Waals surface area contributed by atoms with Gasteiger partial charge >= 0.3 is 0 Å². The molecule has 2 N–H and O–H groups in total. The standard InChI is InChI=1S/C16H28N2O/c1-4-14(3)18(5-2)12-13-19-16-8-6-15(7-9-16)10-11-17/h6-9,14H,4-5,10-13,17H2,1-3H3. The van der Waals surface area contributed by atoms with E-state index >= 15 is 0 Å². The predicted octanol–water partition coefficient (Wildman–Crippen LogP) is 2.69. The molecule has 0 heterocycles. The average molecular weight is 264 g/mol. The van der Waals surface area contributed by atoms with Crippen molar-refractivity contribution in [3.8, 4) is 5.75 Å². The van der Waals surface area contributed by atoms with Gasteiger partial charge in [0.25, 0.3) is 0 Å². The zero-order valence-corrected chi connectivity index (χ0v) is 12.6. The summed E-state index contributed by atoms with van der Waals surface area (Å²) < 4.78 is 5.79. The lowest BCUT2D eigenvalue weighted by molar-refractivity contribution is 0.171. The minimum atomic E-state index is 0.625. The SMILES string of the molecule is CCC(C)N(CC)CCOc1ccc(CCN)cc1. The van der Waals surface area contributed by atoms with Gasteiger partial charge in [-0.15, -0.1) is 0 Å². The number of benzene rings is 1. The maximum atomic E-state index is 5.79. The van der Waals surface area contributed by atoms with Gasteiger partial charge in [-0.2, -0.15) is 0 Å². The Morgan fingerprint density at radius 3 is 2.42 bits per heavy atom. The van der Waals surface area contributed by atoms with Crippen LogP contribution in [0.1, 0.15) is 32.8 Å². The molecular weight excluding hydrogens is 236 g/mol. The third-order valence-electron chi connectivity index (χ3n) is 3.62. The summed E-state index contributed by atoms with van der Waals surface area (Å²) in [7, 11) is 0. The van der Waals surface area contributed by atoms with Crippen LogP contribution in [0.5, 0.6) is 5.75 Å². The van der Waals surface area contributed by atoms with E-state index in [4.69, 9.17) is 10.5 Å². The second kappa shape index (κ2) is 8.94. The maximum Gasteiger partial charge on any atom is 0.119 e. The largest absolute Gasteiger partial charge is 0.492 e. The van der Waals surface area contributed by atoms with Crippen molar-refractivity contribution in [2.45, 2.75) is 39.7 Å². The number of ether oxygens (including phenoxy) is 1. The van der Waals surface area contributed by atoms with Crippen molar-refractivity contribution in [2.75, 3.05) is 26.2 Å². The summed E-state index contributed by atoms with van der Waals surface area (Å²) in [6.45, 7) is 10.2. The summed E-state index contributed by atoms with van der Waals surface area (Å²) in [5.74, 6) is 0.945. The molecule has 0 aliphatic rings. The first kappa shape index (κ1) is 16.0. The molecule has 108 valence electrons. The summed E-state index contributed by atoms with van der Waals surface area (Å²) >= 11 is 0. The molecule has 1 unspecified atom stereocenters. The van der Waals surface area contributed by atoms with E-state index in [0.29, 0.717) is 12.6 Å². The highest BCUT2D eigenvalue weighted by atomic mass is 16.5. The van der Waals surface area contributed by atoms with Gasteiger partial charge in [0.2, 0.25) is 0 Å². The Balaban J connectivity index is 2.35. The molecule has 0 spiro atoms. The van der Waals surface area contributed by atoms with Gasteiger partial charge in [-0.05, 0) is 50.6 Å². The topological polar surface area (TPSA) is 38.5 Å². The number of hydrogen-bond donors (Lipinski definition) is 1.